The van der Waals surface area contributed by atoms with Crippen molar-refractivity contribution in [3.05, 3.63) is 30.0 Å². The first-order valence-corrected chi connectivity index (χ1v) is 7.82. The summed E-state index contributed by atoms with van der Waals surface area (Å²) < 4.78 is 2.05. The van der Waals surface area contributed by atoms with Crippen LogP contribution in [-0.2, 0) is 6.54 Å². The maximum absolute atomic E-state index is 9.69. The molecule has 1 saturated carbocycles. The maximum atomic E-state index is 9.69. The van der Waals surface area contributed by atoms with E-state index in [0.29, 0.717) is 11.8 Å². The molecule has 1 aromatic heterocycles. The Kier molecular flexibility index (Phi) is 3.79. The lowest BCUT2D eigenvalue weighted by atomic mass is 9.77. The van der Waals surface area contributed by atoms with E-state index in [-0.39, 0.29) is 6.10 Å². The zero-order chi connectivity index (χ0) is 14.1. The fourth-order valence-electron chi connectivity index (χ4n) is 3.55. The Morgan fingerprint density at radius 2 is 2.05 bits per heavy atom. The molecule has 1 N–H and O–H groups in total. The number of benzene rings is 1. The second-order valence-corrected chi connectivity index (χ2v) is 6.13. The SMILES string of the molecule is CCn1ncc2cc(C3CCC(C(C)O)CC3)ccc21. The third-order valence-corrected chi connectivity index (χ3v) is 4.89. The van der Waals surface area contributed by atoms with Crippen molar-refractivity contribution >= 4 is 10.9 Å². The molecule has 3 nitrogen and oxygen atoms in total. The Morgan fingerprint density at radius 1 is 1.30 bits per heavy atom. The van der Waals surface area contributed by atoms with Gasteiger partial charge < -0.3 is 5.11 Å². The van der Waals surface area contributed by atoms with Gasteiger partial charge in [-0.3, -0.25) is 4.68 Å². The molecule has 0 bridgehead atoms. The Balaban J connectivity index is 1.78. The Hall–Kier alpha value is -1.35. The van der Waals surface area contributed by atoms with Gasteiger partial charge in [0.25, 0.3) is 0 Å². The van der Waals surface area contributed by atoms with E-state index in [1.165, 1.54) is 29.3 Å². The summed E-state index contributed by atoms with van der Waals surface area (Å²) in [5.74, 6) is 1.15. The number of aliphatic hydroxyl groups is 1. The molecule has 3 rings (SSSR count). The van der Waals surface area contributed by atoms with Crippen molar-refractivity contribution in [2.75, 3.05) is 0 Å². The van der Waals surface area contributed by atoms with Crippen LogP contribution in [0.3, 0.4) is 0 Å². The third kappa shape index (κ3) is 2.47. The Morgan fingerprint density at radius 3 is 2.70 bits per heavy atom. The van der Waals surface area contributed by atoms with Crippen molar-refractivity contribution in [3.63, 3.8) is 0 Å². The van der Waals surface area contributed by atoms with Gasteiger partial charge in [-0.25, -0.2) is 0 Å². The fraction of sp³-hybridized carbons (Fsp3) is 0.588. The van der Waals surface area contributed by atoms with Gasteiger partial charge in [-0.2, -0.15) is 5.10 Å². The third-order valence-electron chi connectivity index (χ3n) is 4.89. The van der Waals surface area contributed by atoms with E-state index < -0.39 is 0 Å². The number of aryl methyl sites for hydroxylation is 1. The molecule has 1 aliphatic carbocycles. The van der Waals surface area contributed by atoms with E-state index in [9.17, 15) is 5.11 Å². The second-order valence-electron chi connectivity index (χ2n) is 6.13. The Bertz CT molecular complexity index is 580. The van der Waals surface area contributed by atoms with Crippen LogP contribution in [0.1, 0.15) is 51.0 Å². The molecule has 0 amide bonds. The van der Waals surface area contributed by atoms with Crippen LogP contribution in [0.15, 0.2) is 24.4 Å². The molecular weight excluding hydrogens is 248 g/mol. The average Bonchev–Trinajstić information content (AvgIpc) is 2.89. The van der Waals surface area contributed by atoms with Gasteiger partial charge in [0.2, 0.25) is 0 Å². The van der Waals surface area contributed by atoms with Crippen LogP contribution in [0.4, 0.5) is 0 Å². The summed E-state index contributed by atoms with van der Waals surface area (Å²) in [4.78, 5) is 0. The van der Waals surface area contributed by atoms with Crippen LogP contribution < -0.4 is 0 Å². The van der Waals surface area contributed by atoms with E-state index in [4.69, 9.17) is 0 Å². The minimum absolute atomic E-state index is 0.152. The first-order chi connectivity index (χ1) is 9.69. The number of rotatable bonds is 3. The maximum Gasteiger partial charge on any atom is 0.0682 e. The summed E-state index contributed by atoms with van der Waals surface area (Å²) in [6, 6.07) is 6.79. The molecule has 2 aromatic rings. The van der Waals surface area contributed by atoms with Crippen LogP contribution in [0, 0.1) is 5.92 Å². The zero-order valence-electron chi connectivity index (χ0n) is 12.4. The fourth-order valence-corrected chi connectivity index (χ4v) is 3.55. The minimum Gasteiger partial charge on any atom is -0.393 e. The standard InChI is InChI=1S/C17H24N2O/c1-3-19-17-9-8-15(10-16(17)11-18-19)14-6-4-13(5-7-14)12(2)20/h8-14,20H,3-7H2,1-2H3. The van der Waals surface area contributed by atoms with Gasteiger partial charge in [0.15, 0.2) is 0 Å². The molecule has 1 unspecified atom stereocenters. The highest BCUT2D eigenvalue weighted by atomic mass is 16.3. The summed E-state index contributed by atoms with van der Waals surface area (Å²) in [5.41, 5.74) is 2.67. The van der Waals surface area contributed by atoms with E-state index in [0.717, 1.165) is 19.4 Å². The highest BCUT2D eigenvalue weighted by Crippen LogP contribution is 2.37. The summed E-state index contributed by atoms with van der Waals surface area (Å²) in [7, 11) is 0. The first-order valence-electron chi connectivity index (χ1n) is 7.82. The van der Waals surface area contributed by atoms with Gasteiger partial charge in [0.1, 0.15) is 0 Å². The molecule has 0 saturated heterocycles. The van der Waals surface area contributed by atoms with Gasteiger partial charge in [-0.1, -0.05) is 6.07 Å². The molecule has 108 valence electrons. The minimum atomic E-state index is -0.152. The molecule has 0 spiro atoms. The summed E-state index contributed by atoms with van der Waals surface area (Å²) in [6.07, 6.45) is 6.51. The quantitative estimate of drug-likeness (QED) is 0.925. The zero-order valence-corrected chi connectivity index (χ0v) is 12.4. The average molecular weight is 272 g/mol. The van der Waals surface area contributed by atoms with E-state index in [1.807, 2.05) is 17.8 Å². The van der Waals surface area contributed by atoms with Gasteiger partial charge in [-0.05, 0) is 69.1 Å². The summed E-state index contributed by atoms with van der Waals surface area (Å²) in [5, 5.41) is 15.4. The normalized spacial score (nSPS) is 24.9. The molecular formula is C17H24N2O. The van der Waals surface area contributed by atoms with Crippen molar-refractivity contribution in [3.8, 4) is 0 Å². The predicted molar refractivity (Wildman–Crippen MR) is 81.8 cm³/mol. The number of fused-ring (bicyclic) bond motifs is 1. The predicted octanol–water partition coefficient (Wildman–Crippen LogP) is 3.71. The topological polar surface area (TPSA) is 38.0 Å². The molecule has 1 aromatic carbocycles. The molecule has 0 radical (unpaired) electrons. The van der Waals surface area contributed by atoms with Crippen molar-refractivity contribution in [1.82, 2.24) is 9.78 Å². The van der Waals surface area contributed by atoms with Gasteiger partial charge >= 0.3 is 0 Å². The van der Waals surface area contributed by atoms with Gasteiger partial charge in [0.05, 0.1) is 17.8 Å². The van der Waals surface area contributed by atoms with Crippen molar-refractivity contribution in [2.24, 2.45) is 5.92 Å². The largest absolute Gasteiger partial charge is 0.393 e. The lowest BCUT2D eigenvalue weighted by molar-refractivity contribution is 0.0967. The van der Waals surface area contributed by atoms with Crippen LogP contribution >= 0.6 is 0 Å². The molecule has 20 heavy (non-hydrogen) atoms. The number of hydrogen-bond acceptors (Lipinski definition) is 2. The molecule has 3 heteroatoms. The van der Waals surface area contributed by atoms with E-state index in [1.54, 1.807) is 0 Å². The number of hydrogen-bond donors (Lipinski definition) is 1. The van der Waals surface area contributed by atoms with Crippen molar-refractivity contribution in [2.45, 2.75) is 58.1 Å². The second kappa shape index (κ2) is 5.57. The first kappa shape index (κ1) is 13.6. The molecule has 1 atom stereocenters. The smallest absolute Gasteiger partial charge is 0.0682 e. The molecule has 1 aliphatic rings. The Labute approximate surface area is 120 Å². The molecule has 0 aliphatic heterocycles. The lowest BCUT2D eigenvalue weighted by Gasteiger charge is -2.30. The van der Waals surface area contributed by atoms with Crippen molar-refractivity contribution < 1.29 is 5.11 Å². The number of nitrogens with zero attached hydrogens (tertiary/aromatic N) is 2. The molecule has 1 fully saturated rings. The van der Waals surface area contributed by atoms with E-state index >= 15 is 0 Å². The summed E-state index contributed by atoms with van der Waals surface area (Å²) in [6.45, 7) is 4.97. The van der Waals surface area contributed by atoms with Crippen LogP contribution in [-0.4, -0.2) is 21.0 Å². The van der Waals surface area contributed by atoms with Crippen LogP contribution in [0.25, 0.3) is 10.9 Å². The number of aromatic nitrogens is 2. The van der Waals surface area contributed by atoms with Gasteiger partial charge in [-0.15, -0.1) is 0 Å². The van der Waals surface area contributed by atoms with Crippen molar-refractivity contribution in [1.29, 1.82) is 0 Å². The monoisotopic (exact) mass is 272 g/mol. The highest BCUT2D eigenvalue weighted by molar-refractivity contribution is 5.79. The summed E-state index contributed by atoms with van der Waals surface area (Å²) >= 11 is 0. The molecule has 1 heterocycles. The van der Waals surface area contributed by atoms with Crippen LogP contribution in [0.5, 0.6) is 0 Å². The van der Waals surface area contributed by atoms with Gasteiger partial charge in [0, 0.05) is 11.9 Å². The number of aliphatic hydroxyl groups excluding tert-OH is 1. The lowest BCUT2D eigenvalue weighted by Crippen LogP contribution is -2.22. The van der Waals surface area contributed by atoms with Crippen LogP contribution in [0.2, 0.25) is 0 Å². The highest BCUT2D eigenvalue weighted by Gasteiger charge is 2.25. The van der Waals surface area contributed by atoms with E-state index in [2.05, 4.69) is 30.2 Å².